The van der Waals surface area contributed by atoms with Crippen molar-refractivity contribution in [2.75, 3.05) is 0 Å². The highest BCUT2D eigenvalue weighted by molar-refractivity contribution is 7.85. The summed E-state index contributed by atoms with van der Waals surface area (Å²) in [4.78, 5) is -0.0741. The van der Waals surface area contributed by atoms with E-state index in [1.807, 2.05) is 0 Å². The molecule has 0 atom stereocenters. The van der Waals surface area contributed by atoms with E-state index in [1.54, 1.807) is 18.2 Å². The zero-order valence-electron chi connectivity index (χ0n) is 10.6. The van der Waals surface area contributed by atoms with Crippen LogP contribution in [0, 0.1) is 0 Å². The number of benzene rings is 1. The predicted molar refractivity (Wildman–Crippen MR) is 70.7 cm³/mol. The Kier molecular flexibility index (Phi) is 8.72. The average Bonchev–Trinajstić information content (AvgIpc) is 2.31. The van der Waals surface area contributed by atoms with Crippen LogP contribution in [0.25, 0.3) is 0 Å². The summed E-state index contributed by atoms with van der Waals surface area (Å²) in [7, 11) is -4.00. The van der Waals surface area contributed by atoms with Crippen LogP contribution in [0.4, 0.5) is 0 Å². The average molecular weight is 258 g/mol. The quantitative estimate of drug-likeness (QED) is 0.643. The van der Waals surface area contributed by atoms with Gasteiger partial charge in [-0.1, -0.05) is 64.2 Å². The molecule has 0 aliphatic heterocycles. The molecule has 1 aromatic rings. The molecule has 0 aliphatic rings. The Morgan fingerprint density at radius 3 is 1.71 bits per heavy atom. The Labute approximate surface area is 105 Å². The van der Waals surface area contributed by atoms with Crippen molar-refractivity contribution < 1.29 is 13.0 Å². The van der Waals surface area contributed by atoms with Crippen molar-refractivity contribution in [3.63, 3.8) is 0 Å². The van der Waals surface area contributed by atoms with Crippen LogP contribution in [-0.2, 0) is 10.1 Å². The van der Waals surface area contributed by atoms with Gasteiger partial charge in [-0.2, -0.15) is 8.42 Å². The highest BCUT2D eigenvalue weighted by atomic mass is 32.2. The van der Waals surface area contributed by atoms with Gasteiger partial charge in [0.05, 0.1) is 4.90 Å². The van der Waals surface area contributed by atoms with Crippen LogP contribution in [0.1, 0.15) is 46.0 Å². The van der Waals surface area contributed by atoms with Crippen molar-refractivity contribution in [1.82, 2.24) is 0 Å². The molecule has 1 aromatic carbocycles. The summed E-state index contributed by atoms with van der Waals surface area (Å²) < 4.78 is 29.2. The summed E-state index contributed by atoms with van der Waals surface area (Å²) in [5, 5.41) is 0. The maximum absolute atomic E-state index is 10.4. The molecule has 17 heavy (non-hydrogen) atoms. The third kappa shape index (κ3) is 8.89. The van der Waals surface area contributed by atoms with E-state index in [0.29, 0.717) is 0 Å². The molecule has 0 unspecified atom stereocenters. The maximum atomic E-state index is 10.4. The SMILES string of the molecule is CCCCCCC.O=S(=O)(O)c1ccccc1. The van der Waals surface area contributed by atoms with Crippen LogP contribution in [0.15, 0.2) is 35.2 Å². The first-order chi connectivity index (χ1) is 8.02. The topological polar surface area (TPSA) is 54.4 Å². The molecular weight excluding hydrogens is 236 g/mol. The minimum Gasteiger partial charge on any atom is -0.282 e. The zero-order valence-corrected chi connectivity index (χ0v) is 11.4. The minimum atomic E-state index is -4.00. The van der Waals surface area contributed by atoms with Gasteiger partial charge in [-0.25, -0.2) is 0 Å². The van der Waals surface area contributed by atoms with Gasteiger partial charge in [0.15, 0.2) is 0 Å². The molecule has 0 bridgehead atoms. The predicted octanol–water partition coefficient (Wildman–Crippen LogP) is 3.91. The fourth-order valence-corrected chi connectivity index (χ4v) is 1.77. The summed E-state index contributed by atoms with van der Waals surface area (Å²) in [6.45, 7) is 4.49. The maximum Gasteiger partial charge on any atom is 0.294 e. The third-order valence-corrected chi connectivity index (χ3v) is 3.12. The highest BCUT2D eigenvalue weighted by Gasteiger charge is 2.05. The molecule has 3 nitrogen and oxygen atoms in total. The molecule has 0 fully saturated rings. The molecule has 98 valence electrons. The molecule has 4 heteroatoms. The number of rotatable bonds is 5. The summed E-state index contributed by atoms with van der Waals surface area (Å²) in [6, 6.07) is 7.42. The normalized spacial score (nSPS) is 10.5. The van der Waals surface area contributed by atoms with Crippen LogP contribution >= 0.6 is 0 Å². The standard InChI is InChI=1S/C7H16.C6H6O3S/c1-3-5-7-6-4-2;7-10(8,9)6-4-2-1-3-5-6/h3-7H2,1-2H3;1-5H,(H,7,8,9). The molecule has 0 saturated heterocycles. The summed E-state index contributed by atoms with van der Waals surface area (Å²) in [5.41, 5.74) is 0. The van der Waals surface area contributed by atoms with E-state index in [4.69, 9.17) is 4.55 Å². The first kappa shape index (κ1) is 16.1. The Morgan fingerprint density at radius 2 is 1.41 bits per heavy atom. The monoisotopic (exact) mass is 258 g/mol. The molecule has 0 saturated carbocycles. The van der Waals surface area contributed by atoms with Crippen LogP contribution in [0.3, 0.4) is 0 Å². The minimum absolute atomic E-state index is 0.0741. The molecule has 1 N–H and O–H groups in total. The molecule has 0 aromatic heterocycles. The molecule has 1 rings (SSSR count). The van der Waals surface area contributed by atoms with Gasteiger partial charge in [-0.05, 0) is 12.1 Å². The number of hydrogen-bond acceptors (Lipinski definition) is 2. The Bertz CT molecular complexity index is 367. The smallest absolute Gasteiger partial charge is 0.282 e. The van der Waals surface area contributed by atoms with Crippen LogP contribution < -0.4 is 0 Å². The summed E-state index contributed by atoms with van der Waals surface area (Å²) in [5.74, 6) is 0. The van der Waals surface area contributed by atoms with E-state index in [-0.39, 0.29) is 4.90 Å². The van der Waals surface area contributed by atoms with Gasteiger partial charge in [0.2, 0.25) is 0 Å². The van der Waals surface area contributed by atoms with Crippen molar-refractivity contribution in [3.05, 3.63) is 30.3 Å². The fraction of sp³-hybridized carbons (Fsp3) is 0.538. The first-order valence-corrected chi connectivity index (χ1v) is 7.48. The first-order valence-electron chi connectivity index (χ1n) is 6.04. The summed E-state index contributed by atoms with van der Waals surface area (Å²) in [6.07, 6.45) is 7.01. The summed E-state index contributed by atoms with van der Waals surface area (Å²) >= 11 is 0. The van der Waals surface area contributed by atoms with Gasteiger partial charge >= 0.3 is 0 Å². The van der Waals surface area contributed by atoms with Crippen LogP contribution in [0.2, 0.25) is 0 Å². The highest BCUT2D eigenvalue weighted by Crippen LogP contribution is 2.05. The van der Waals surface area contributed by atoms with Crippen molar-refractivity contribution >= 4 is 10.1 Å². The van der Waals surface area contributed by atoms with E-state index in [2.05, 4.69) is 13.8 Å². The third-order valence-electron chi connectivity index (χ3n) is 2.25. The lowest BCUT2D eigenvalue weighted by molar-refractivity contribution is 0.483. The molecule has 0 amide bonds. The van der Waals surface area contributed by atoms with Crippen LogP contribution in [0.5, 0.6) is 0 Å². The van der Waals surface area contributed by atoms with Gasteiger partial charge in [0.25, 0.3) is 10.1 Å². The van der Waals surface area contributed by atoms with Crippen LogP contribution in [-0.4, -0.2) is 13.0 Å². The molecule has 0 aliphatic carbocycles. The van der Waals surface area contributed by atoms with E-state index in [9.17, 15) is 8.42 Å². The van der Waals surface area contributed by atoms with Gasteiger partial charge < -0.3 is 0 Å². The van der Waals surface area contributed by atoms with Crippen molar-refractivity contribution in [3.8, 4) is 0 Å². The Balaban J connectivity index is 0.000000325. The lowest BCUT2D eigenvalue weighted by atomic mass is 10.2. The van der Waals surface area contributed by atoms with Gasteiger partial charge in [-0.3, -0.25) is 4.55 Å². The Morgan fingerprint density at radius 1 is 0.941 bits per heavy atom. The van der Waals surface area contributed by atoms with E-state index < -0.39 is 10.1 Å². The zero-order chi connectivity index (χ0) is 13.1. The number of hydrogen-bond donors (Lipinski definition) is 1. The molecule has 0 radical (unpaired) electrons. The number of unbranched alkanes of at least 4 members (excludes halogenated alkanes) is 4. The van der Waals surface area contributed by atoms with Crippen molar-refractivity contribution in [2.45, 2.75) is 50.8 Å². The van der Waals surface area contributed by atoms with E-state index in [1.165, 1.54) is 44.2 Å². The largest absolute Gasteiger partial charge is 0.294 e. The lowest BCUT2D eigenvalue weighted by Gasteiger charge is -1.92. The molecular formula is C13H22O3S. The fourth-order valence-electron chi connectivity index (χ4n) is 1.27. The second kappa shape index (κ2) is 9.19. The van der Waals surface area contributed by atoms with Crippen molar-refractivity contribution in [2.24, 2.45) is 0 Å². The van der Waals surface area contributed by atoms with E-state index >= 15 is 0 Å². The van der Waals surface area contributed by atoms with E-state index in [0.717, 1.165) is 0 Å². The van der Waals surface area contributed by atoms with Crippen molar-refractivity contribution in [1.29, 1.82) is 0 Å². The second-order valence-corrected chi connectivity index (χ2v) is 5.27. The van der Waals surface area contributed by atoms with Gasteiger partial charge in [-0.15, -0.1) is 0 Å². The molecule has 0 heterocycles. The lowest BCUT2D eigenvalue weighted by Crippen LogP contribution is -1.96. The van der Waals surface area contributed by atoms with Gasteiger partial charge in [0, 0.05) is 0 Å². The Hall–Kier alpha value is -0.870. The molecule has 0 spiro atoms. The second-order valence-electron chi connectivity index (χ2n) is 3.85. The van der Waals surface area contributed by atoms with Gasteiger partial charge in [0.1, 0.15) is 0 Å².